The molecule has 4 aliphatic rings. The van der Waals surface area contributed by atoms with Crippen LogP contribution in [0.3, 0.4) is 0 Å². The van der Waals surface area contributed by atoms with Crippen LogP contribution in [-0.2, 0) is 61.8 Å². The van der Waals surface area contributed by atoms with Crippen molar-refractivity contribution in [2.75, 3.05) is 21.2 Å². The van der Waals surface area contributed by atoms with E-state index in [1.165, 1.54) is 21.0 Å². The third kappa shape index (κ3) is 9.23. The van der Waals surface area contributed by atoms with Crippen LogP contribution in [0.5, 0.6) is 0 Å². The molecular formula is C40H65NO14. The van der Waals surface area contributed by atoms with Crippen molar-refractivity contribution >= 4 is 24.2 Å². The smallest absolute Gasteiger partial charge is 0.311 e. The Morgan fingerprint density at radius 3 is 2.24 bits per heavy atom. The number of nitrogens with zero attached hydrogens (tertiary/aromatic N) is 1. The molecular weight excluding hydrogens is 718 g/mol. The summed E-state index contributed by atoms with van der Waals surface area (Å²) in [6.07, 6.45) is -6.47. The predicted molar refractivity (Wildman–Crippen MR) is 197 cm³/mol. The zero-order valence-corrected chi connectivity index (χ0v) is 35.1. The molecule has 3 saturated heterocycles. The third-order valence-corrected chi connectivity index (χ3v) is 12.2. The Bertz CT molecular complexity index is 1430. The minimum absolute atomic E-state index is 0.127. The Morgan fingerprint density at radius 2 is 1.67 bits per heavy atom. The van der Waals surface area contributed by atoms with Gasteiger partial charge in [0.2, 0.25) is 0 Å². The van der Waals surface area contributed by atoms with Crippen molar-refractivity contribution in [3.8, 4) is 0 Å². The van der Waals surface area contributed by atoms with Crippen LogP contribution in [0.15, 0.2) is 11.3 Å². The molecule has 15 nitrogen and oxygen atoms in total. The molecule has 0 aromatic heterocycles. The molecule has 55 heavy (non-hydrogen) atoms. The van der Waals surface area contributed by atoms with E-state index in [1.54, 1.807) is 34.6 Å². The summed E-state index contributed by atoms with van der Waals surface area (Å²) in [7, 11) is 5.31. The molecule has 1 N–H and O–H groups in total. The van der Waals surface area contributed by atoms with Crippen LogP contribution >= 0.6 is 0 Å². The molecule has 0 aromatic carbocycles. The first kappa shape index (κ1) is 45.0. The number of ether oxygens (including phenoxy) is 9. The summed E-state index contributed by atoms with van der Waals surface area (Å²) in [5, 5.41) is 11.7. The highest BCUT2D eigenvalue weighted by molar-refractivity contribution is 5.91. The number of hydrogen-bond donors (Lipinski definition) is 1. The number of methoxy groups -OCH3 is 1. The molecule has 4 rings (SSSR count). The van der Waals surface area contributed by atoms with Crippen molar-refractivity contribution in [3.63, 3.8) is 0 Å². The minimum atomic E-state index is -2.05. The molecule has 0 amide bonds. The Balaban J connectivity index is 1.88. The van der Waals surface area contributed by atoms with Gasteiger partial charge in [-0.3, -0.25) is 19.2 Å². The highest BCUT2D eigenvalue weighted by atomic mass is 16.7. The fourth-order valence-electron chi connectivity index (χ4n) is 9.17. The van der Waals surface area contributed by atoms with Crippen LogP contribution in [0.4, 0.5) is 0 Å². The van der Waals surface area contributed by atoms with Gasteiger partial charge in [0.05, 0.1) is 36.2 Å². The summed E-state index contributed by atoms with van der Waals surface area (Å²) in [5.74, 6) is -3.98. The molecule has 4 heterocycles. The second-order valence-electron chi connectivity index (χ2n) is 16.9. The average molecular weight is 784 g/mol. The summed E-state index contributed by atoms with van der Waals surface area (Å²) in [6.45, 7) is 19.2. The number of ketones is 1. The van der Waals surface area contributed by atoms with Gasteiger partial charge < -0.3 is 52.6 Å². The zero-order chi connectivity index (χ0) is 41.4. The number of likely N-dealkylation sites (N-methyl/N-ethyl adjacent to an activating group) is 1. The molecule has 2 bridgehead atoms. The number of allylic oxidation sites excluding steroid dienone is 1. The number of aliphatic hydroxyl groups is 1. The Morgan fingerprint density at radius 1 is 1.02 bits per heavy atom. The normalized spacial score (nSPS) is 44.5. The molecule has 16 atom stereocenters. The van der Waals surface area contributed by atoms with E-state index in [2.05, 4.69) is 0 Å². The zero-order valence-electron chi connectivity index (χ0n) is 35.1. The fourth-order valence-corrected chi connectivity index (χ4v) is 9.17. The topological polar surface area (TPSA) is 175 Å². The standard InChI is InChI=1S/C40H65NO14/c1-15-28-40(11,46)33(44)22(4)30-20(2)17-39(10,55-30)34(54-37-32(51-26(8)43)27(41(12)13)16-21(3)49-37)23(5)31(24(6)36(45)52-28)53-29-18-38(9,47-14)35(48-19-42)25(7)50-29/h19,21-25,27-29,31-32,34-35,37,46H,15-18H2,1-14H3/t21?,22-,23?,24?,25?,27?,28?,29?,31?,32+,34+,35-,37?,38+,39?,40+/m0/s1. The lowest BCUT2D eigenvalue weighted by molar-refractivity contribution is -0.317. The SMILES string of the molecule is CCC1OC(=O)C(C)C(OC2C[C@@](C)(OC)[C@@H](OC=O)C(C)O2)C(C)[C@@H](OC2OC(C)CC(N(C)C)[C@H]2OC(C)=O)C2(C)CC(C)=C(O2)[C@H](C)C(=O)[C@]1(C)O. The maximum absolute atomic E-state index is 14.2. The van der Waals surface area contributed by atoms with E-state index < -0.39 is 101 Å². The van der Waals surface area contributed by atoms with E-state index in [0.29, 0.717) is 25.1 Å². The Hall–Kier alpha value is -2.66. The van der Waals surface area contributed by atoms with E-state index in [4.69, 9.17) is 42.6 Å². The summed E-state index contributed by atoms with van der Waals surface area (Å²) < 4.78 is 56.6. The number of cyclic esters (lactones) is 1. The number of esters is 2. The molecule has 0 radical (unpaired) electrons. The first-order chi connectivity index (χ1) is 25.5. The van der Waals surface area contributed by atoms with E-state index in [0.717, 1.165) is 5.57 Å². The first-order valence-corrected chi connectivity index (χ1v) is 19.5. The van der Waals surface area contributed by atoms with Gasteiger partial charge in [0.1, 0.15) is 29.2 Å². The van der Waals surface area contributed by atoms with Gasteiger partial charge >= 0.3 is 11.9 Å². The third-order valence-electron chi connectivity index (χ3n) is 12.2. The number of rotatable bonds is 10. The summed E-state index contributed by atoms with van der Waals surface area (Å²) >= 11 is 0. The first-order valence-electron chi connectivity index (χ1n) is 19.5. The molecule has 0 spiro atoms. The van der Waals surface area contributed by atoms with Crippen LogP contribution < -0.4 is 0 Å². The van der Waals surface area contributed by atoms with E-state index in [1.807, 2.05) is 46.7 Å². The number of carbonyl (C=O) groups excluding carboxylic acids is 4. The van der Waals surface area contributed by atoms with Gasteiger partial charge in [-0.05, 0) is 87.9 Å². The number of carbonyl (C=O) groups is 4. The summed E-state index contributed by atoms with van der Waals surface area (Å²) in [4.78, 5) is 54.3. The average Bonchev–Trinajstić information content (AvgIpc) is 3.42. The lowest BCUT2D eigenvalue weighted by Gasteiger charge is -2.49. The van der Waals surface area contributed by atoms with E-state index in [-0.39, 0.29) is 25.0 Å². The number of hydrogen-bond acceptors (Lipinski definition) is 15. The van der Waals surface area contributed by atoms with Crippen molar-refractivity contribution in [2.45, 2.75) is 180 Å². The fraction of sp³-hybridized carbons (Fsp3) is 0.850. The van der Waals surface area contributed by atoms with Crippen LogP contribution in [0.2, 0.25) is 0 Å². The van der Waals surface area contributed by atoms with E-state index >= 15 is 0 Å². The monoisotopic (exact) mass is 783 g/mol. The molecule has 10 unspecified atom stereocenters. The van der Waals surface area contributed by atoms with Crippen LogP contribution in [0.1, 0.15) is 102 Å². The summed E-state index contributed by atoms with van der Waals surface area (Å²) in [6, 6.07) is -0.257. The van der Waals surface area contributed by atoms with Crippen LogP contribution in [0, 0.1) is 17.8 Å². The van der Waals surface area contributed by atoms with Gasteiger partial charge in [0, 0.05) is 32.8 Å². The second kappa shape index (κ2) is 17.5. The highest BCUT2D eigenvalue weighted by Crippen LogP contribution is 2.47. The predicted octanol–water partition coefficient (Wildman–Crippen LogP) is 3.85. The largest absolute Gasteiger partial charge is 0.488 e. The molecule has 0 aliphatic carbocycles. The van der Waals surface area contributed by atoms with Crippen molar-refractivity contribution in [3.05, 3.63) is 11.3 Å². The summed E-state index contributed by atoms with van der Waals surface area (Å²) in [5.41, 5.74) is -3.45. The van der Waals surface area contributed by atoms with Crippen LogP contribution in [-0.4, -0.2) is 134 Å². The Labute approximate surface area is 325 Å². The maximum Gasteiger partial charge on any atom is 0.311 e. The molecule has 3 fully saturated rings. The molecule has 0 aromatic rings. The maximum atomic E-state index is 14.2. The number of Topliss-reactive ketones (excluding diaryl/α,β-unsaturated/α-hetero) is 1. The Kier molecular flexibility index (Phi) is 14.3. The van der Waals surface area contributed by atoms with Gasteiger partial charge in [-0.1, -0.05) is 13.8 Å². The van der Waals surface area contributed by atoms with Gasteiger partial charge in [0.25, 0.3) is 6.47 Å². The minimum Gasteiger partial charge on any atom is -0.488 e. The van der Waals surface area contributed by atoms with Crippen molar-refractivity contribution < 1.29 is 66.9 Å². The van der Waals surface area contributed by atoms with Gasteiger partial charge in [-0.25, -0.2) is 0 Å². The van der Waals surface area contributed by atoms with Crippen molar-refractivity contribution in [2.24, 2.45) is 17.8 Å². The second-order valence-corrected chi connectivity index (χ2v) is 16.9. The lowest BCUT2D eigenvalue weighted by Crippen LogP contribution is -2.61. The van der Waals surface area contributed by atoms with Crippen molar-refractivity contribution in [1.29, 1.82) is 0 Å². The van der Waals surface area contributed by atoms with Gasteiger partial charge in [-0.2, -0.15) is 0 Å². The molecule has 4 aliphatic heterocycles. The van der Waals surface area contributed by atoms with Gasteiger partial charge in [0.15, 0.2) is 36.2 Å². The van der Waals surface area contributed by atoms with Crippen LogP contribution in [0.25, 0.3) is 0 Å². The van der Waals surface area contributed by atoms with Crippen molar-refractivity contribution in [1.82, 2.24) is 4.90 Å². The number of fused-ring (bicyclic) bond motifs is 2. The molecule has 15 heteroatoms. The van der Waals surface area contributed by atoms with Gasteiger partial charge in [-0.15, -0.1) is 0 Å². The highest BCUT2D eigenvalue weighted by Gasteiger charge is 2.57. The molecule has 0 saturated carbocycles. The van der Waals surface area contributed by atoms with E-state index in [9.17, 15) is 24.3 Å². The quantitative estimate of drug-likeness (QED) is 0.192. The molecule has 314 valence electrons. The lowest BCUT2D eigenvalue weighted by atomic mass is 9.79.